The van der Waals surface area contributed by atoms with Crippen LogP contribution >= 0.6 is 0 Å². The number of hydrogen-bond acceptors (Lipinski definition) is 3. The van der Waals surface area contributed by atoms with Gasteiger partial charge >= 0.3 is 6.55 Å². The fourth-order valence-electron chi connectivity index (χ4n) is 2.95. The fraction of sp³-hybridized carbons (Fsp3) is 0.118. The van der Waals surface area contributed by atoms with Crippen molar-refractivity contribution in [3.8, 4) is 0 Å². The number of hydrogen-bond donors (Lipinski definition) is 0. The highest BCUT2D eigenvalue weighted by Crippen LogP contribution is 2.27. The largest absolute Gasteiger partial charge is 0.320 e. The molecule has 0 aliphatic carbocycles. The van der Waals surface area contributed by atoms with E-state index in [1.54, 1.807) is 42.5 Å². The monoisotopic (exact) mass is 327 g/mol. The SMILES string of the molecule is O=C1c2ccccc2C(=O)N1Cc1nc2ccccc2n1C(F)F. The maximum absolute atomic E-state index is 13.5. The first-order valence-corrected chi connectivity index (χ1v) is 7.27. The molecule has 5 nitrogen and oxygen atoms in total. The second-order valence-corrected chi connectivity index (χ2v) is 5.41. The molecule has 4 rings (SSSR count). The molecule has 120 valence electrons. The average Bonchev–Trinajstić information content (AvgIpc) is 3.06. The number of para-hydroxylation sites is 2. The van der Waals surface area contributed by atoms with E-state index in [-0.39, 0.29) is 29.0 Å². The molecular weight excluding hydrogens is 316 g/mol. The average molecular weight is 327 g/mol. The molecule has 0 unspecified atom stereocenters. The Morgan fingerprint density at radius 3 is 2.12 bits per heavy atom. The van der Waals surface area contributed by atoms with E-state index in [0.29, 0.717) is 5.52 Å². The number of imidazole rings is 1. The minimum atomic E-state index is -2.82. The number of imide groups is 1. The number of nitrogens with zero attached hydrogens (tertiary/aromatic N) is 3. The molecule has 0 saturated heterocycles. The summed E-state index contributed by atoms with van der Waals surface area (Å²) in [5.74, 6) is -1.02. The normalized spacial score (nSPS) is 14.0. The summed E-state index contributed by atoms with van der Waals surface area (Å²) in [6.45, 7) is -3.12. The predicted molar refractivity (Wildman–Crippen MR) is 81.6 cm³/mol. The zero-order valence-corrected chi connectivity index (χ0v) is 12.3. The Hall–Kier alpha value is -3.09. The second kappa shape index (κ2) is 5.23. The van der Waals surface area contributed by atoms with Crippen LogP contribution in [0.5, 0.6) is 0 Å². The molecule has 2 heterocycles. The summed E-state index contributed by atoms with van der Waals surface area (Å²) < 4.78 is 27.7. The van der Waals surface area contributed by atoms with Gasteiger partial charge in [-0.05, 0) is 24.3 Å². The topological polar surface area (TPSA) is 55.2 Å². The van der Waals surface area contributed by atoms with Crippen LogP contribution in [0.1, 0.15) is 33.1 Å². The van der Waals surface area contributed by atoms with Gasteiger partial charge in [-0.15, -0.1) is 0 Å². The third kappa shape index (κ3) is 2.01. The van der Waals surface area contributed by atoms with Gasteiger partial charge in [0, 0.05) is 0 Å². The number of fused-ring (bicyclic) bond motifs is 2. The van der Waals surface area contributed by atoms with E-state index < -0.39 is 18.4 Å². The van der Waals surface area contributed by atoms with Gasteiger partial charge < -0.3 is 0 Å². The van der Waals surface area contributed by atoms with E-state index >= 15 is 0 Å². The molecule has 1 aliphatic heterocycles. The van der Waals surface area contributed by atoms with Crippen molar-refractivity contribution < 1.29 is 18.4 Å². The van der Waals surface area contributed by atoms with Crippen molar-refractivity contribution in [2.24, 2.45) is 0 Å². The first kappa shape index (κ1) is 14.5. The number of halogens is 2. The van der Waals surface area contributed by atoms with Crippen molar-refractivity contribution in [3.05, 3.63) is 65.5 Å². The minimum Gasteiger partial charge on any atom is -0.269 e. The van der Waals surface area contributed by atoms with E-state index in [4.69, 9.17) is 0 Å². The molecule has 24 heavy (non-hydrogen) atoms. The van der Waals surface area contributed by atoms with E-state index in [2.05, 4.69) is 4.98 Å². The molecule has 2 amide bonds. The van der Waals surface area contributed by atoms with Crippen LogP contribution in [-0.2, 0) is 6.54 Å². The van der Waals surface area contributed by atoms with Crippen molar-refractivity contribution in [1.82, 2.24) is 14.5 Å². The van der Waals surface area contributed by atoms with Crippen molar-refractivity contribution in [2.45, 2.75) is 13.1 Å². The van der Waals surface area contributed by atoms with Crippen LogP contribution < -0.4 is 0 Å². The predicted octanol–water partition coefficient (Wildman–Crippen LogP) is 3.23. The third-order valence-corrected chi connectivity index (χ3v) is 4.04. The summed E-state index contributed by atoms with van der Waals surface area (Å²) in [5, 5.41) is 0. The van der Waals surface area contributed by atoms with Crippen LogP contribution in [0.2, 0.25) is 0 Å². The Bertz CT molecular complexity index is 946. The Balaban J connectivity index is 1.77. The Labute approximate surface area is 135 Å². The summed E-state index contributed by atoms with van der Waals surface area (Å²) in [5.41, 5.74) is 1.22. The molecule has 7 heteroatoms. The van der Waals surface area contributed by atoms with Gasteiger partial charge in [0.25, 0.3) is 11.8 Å². The van der Waals surface area contributed by atoms with Crippen LogP contribution in [0.3, 0.4) is 0 Å². The summed E-state index contributed by atoms with van der Waals surface area (Å²) in [6.07, 6.45) is 0. The molecule has 0 spiro atoms. The number of carbonyl (C=O) groups excluding carboxylic acids is 2. The highest BCUT2D eigenvalue weighted by Gasteiger charge is 2.36. The first-order valence-electron chi connectivity index (χ1n) is 7.27. The van der Waals surface area contributed by atoms with E-state index in [1.807, 2.05) is 0 Å². The summed E-state index contributed by atoms with van der Waals surface area (Å²) in [7, 11) is 0. The molecule has 3 aromatic rings. The zero-order chi connectivity index (χ0) is 16.8. The van der Waals surface area contributed by atoms with E-state index in [1.165, 1.54) is 6.07 Å². The number of carbonyl (C=O) groups is 2. The maximum Gasteiger partial charge on any atom is 0.320 e. The van der Waals surface area contributed by atoms with Gasteiger partial charge in [0.2, 0.25) is 0 Å². The van der Waals surface area contributed by atoms with Gasteiger partial charge in [0.15, 0.2) is 0 Å². The molecule has 0 atom stereocenters. The van der Waals surface area contributed by atoms with Crippen molar-refractivity contribution in [1.29, 1.82) is 0 Å². The standard InChI is InChI=1S/C17H11F2N3O2/c18-17(19)22-13-8-4-3-7-12(13)20-14(22)9-21-15(23)10-5-1-2-6-11(10)16(21)24/h1-8,17H,9H2. The van der Waals surface area contributed by atoms with Crippen LogP contribution in [-0.4, -0.2) is 26.3 Å². The van der Waals surface area contributed by atoms with E-state index in [0.717, 1.165) is 9.47 Å². The highest BCUT2D eigenvalue weighted by atomic mass is 19.3. The van der Waals surface area contributed by atoms with Gasteiger partial charge in [0.1, 0.15) is 5.82 Å². The smallest absolute Gasteiger partial charge is 0.269 e. The number of alkyl halides is 2. The summed E-state index contributed by atoms with van der Waals surface area (Å²) in [4.78, 5) is 29.9. The molecular formula is C17H11F2N3O2. The molecule has 2 aromatic carbocycles. The highest BCUT2D eigenvalue weighted by molar-refractivity contribution is 6.21. The Morgan fingerprint density at radius 1 is 0.917 bits per heavy atom. The quantitative estimate of drug-likeness (QED) is 0.694. The molecule has 1 aliphatic rings. The lowest BCUT2D eigenvalue weighted by Gasteiger charge is -2.14. The maximum atomic E-state index is 13.5. The van der Waals surface area contributed by atoms with Crippen LogP contribution in [0, 0.1) is 0 Å². The molecule has 0 N–H and O–H groups in total. The number of aromatic nitrogens is 2. The molecule has 0 saturated carbocycles. The van der Waals surface area contributed by atoms with Crippen LogP contribution in [0.25, 0.3) is 11.0 Å². The van der Waals surface area contributed by atoms with Crippen LogP contribution in [0.15, 0.2) is 48.5 Å². The number of benzene rings is 2. The minimum absolute atomic E-state index is 0.0271. The van der Waals surface area contributed by atoms with Gasteiger partial charge in [-0.3, -0.25) is 19.1 Å². The van der Waals surface area contributed by atoms with Crippen molar-refractivity contribution in [2.75, 3.05) is 0 Å². The zero-order valence-electron chi connectivity index (χ0n) is 12.3. The summed E-state index contributed by atoms with van der Waals surface area (Å²) >= 11 is 0. The lowest BCUT2D eigenvalue weighted by molar-refractivity contribution is 0.0569. The molecule has 0 fully saturated rings. The van der Waals surface area contributed by atoms with Gasteiger partial charge in [-0.25, -0.2) is 4.98 Å². The van der Waals surface area contributed by atoms with Gasteiger partial charge in [-0.2, -0.15) is 8.78 Å². The van der Waals surface area contributed by atoms with E-state index in [9.17, 15) is 18.4 Å². The van der Waals surface area contributed by atoms with Gasteiger partial charge in [0.05, 0.1) is 28.7 Å². The summed E-state index contributed by atoms with van der Waals surface area (Å²) in [6, 6.07) is 12.9. The Morgan fingerprint density at radius 2 is 1.50 bits per heavy atom. The number of amides is 2. The van der Waals surface area contributed by atoms with Crippen molar-refractivity contribution >= 4 is 22.8 Å². The second-order valence-electron chi connectivity index (χ2n) is 5.41. The molecule has 0 radical (unpaired) electrons. The first-order chi connectivity index (χ1) is 11.6. The number of rotatable bonds is 3. The van der Waals surface area contributed by atoms with Gasteiger partial charge in [-0.1, -0.05) is 24.3 Å². The fourth-order valence-corrected chi connectivity index (χ4v) is 2.95. The lowest BCUT2D eigenvalue weighted by Crippen LogP contribution is -2.30. The van der Waals surface area contributed by atoms with Crippen LogP contribution in [0.4, 0.5) is 8.78 Å². The third-order valence-electron chi connectivity index (χ3n) is 4.04. The lowest BCUT2D eigenvalue weighted by atomic mass is 10.1. The Kier molecular flexibility index (Phi) is 3.16. The van der Waals surface area contributed by atoms with Crippen molar-refractivity contribution in [3.63, 3.8) is 0 Å². The molecule has 0 bridgehead atoms. The molecule has 1 aromatic heterocycles.